The topological polar surface area (TPSA) is 87.0 Å². The molecule has 26 heavy (non-hydrogen) atoms. The van der Waals surface area contributed by atoms with Gasteiger partial charge in [-0.25, -0.2) is 4.79 Å². The lowest BCUT2D eigenvalue weighted by Gasteiger charge is -2.06. The molecule has 1 aromatic carbocycles. The minimum absolute atomic E-state index is 0.144. The molecular formula is C16H10BrF2NO6. The third kappa shape index (κ3) is 4.60. The largest absolute Gasteiger partial charge is 0.586 e. The Bertz CT molecular complexity index is 879. The Hall–Kier alpha value is -2.88. The smallest absolute Gasteiger partial charge is 0.452 e. The number of hydrogen-bond acceptors (Lipinski definition) is 6. The molecule has 0 fully saturated rings. The van der Waals surface area contributed by atoms with Crippen molar-refractivity contribution in [2.45, 2.75) is 6.29 Å². The van der Waals surface area contributed by atoms with Crippen LogP contribution in [-0.2, 0) is 14.3 Å². The first-order valence-corrected chi connectivity index (χ1v) is 7.90. The quantitative estimate of drug-likeness (QED) is 0.577. The Labute approximate surface area is 153 Å². The van der Waals surface area contributed by atoms with E-state index in [1.54, 1.807) is 12.1 Å². The summed E-state index contributed by atoms with van der Waals surface area (Å²) in [6.45, 7) is -0.560. The van der Waals surface area contributed by atoms with Gasteiger partial charge in [0.1, 0.15) is 5.76 Å². The Kier molecular flexibility index (Phi) is 4.94. The number of ether oxygens (including phenoxy) is 3. The van der Waals surface area contributed by atoms with Gasteiger partial charge in [0, 0.05) is 17.8 Å². The lowest BCUT2D eigenvalue weighted by molar-refractivity contribution is -0.286. The van der Waals surface area contributed by atoms with Crippen molar-refractivity contribution in [3.63, 3.8) is 0 Å². The molecule has 1 N–H and O–H groups in total. The maximum atomic E-state index is 12.9. The summed E-state index contributed by atoms with van der Waals surface area (Å²) in [6.07, 6.45) is -1.26. The van der Waals surface area contributed by atoms with Crippen LogP contribution in [0.1, 0.15) is 5.76 Å². The SMILES string of the molecule is O=C(COC(=O)C=Cc1ccc(Br)o1)Nc1ccc2c(c1)OC(F)(F)O2. The first-order valence-electron chi connectivity index (χ1n) is 7.11. The van der Waals surface area contributed by atoms with Gasteiger partial charge in [0.2, 0.25) is 0 Å². The van der Waals surface area contributed by atoms with E-state index < -0.39 is 24.8 Å². The predicted octanol–water partition coefficient (Wildman–Crippen LogP) is 3.56. The third-order valence-corrected chi connectivity index (χ3v) is 3.43. The molecule has 0 atom stereocenters. The molecule has 0 spiro atoms. The normalized spacial score (nSPS) is 14.4. The fraction of sp³-hybridized carbons (Fsp3) is 0.125. The predicted molar refractivity (Wildman–Crippen MR) is 87.7 cm³/mol. The second kappa shape index (κ2) is 7.16. The zero-order valence-corrected chi connectivity index (χ0v) is 14.4. The molecule has 7 nitrogen and oxygen atoms in total. The number of rotatable bonds is 5. The highest BCUT2D eigenvalue weighted by molar-refractivity contribution is 9.10. The second-order valence-corrected chi connectivity index (χ2v) is 5.74. The molecule has 2 heterocycles. The van der Waals surface area contributed by atoms with E-state index in [2.05, 4.69) is 30.7 Å². The van der Waals surface area contributed by atoms with E-state index in [0.29, 0.717) is 10.4 Å². The number of carbonyl (C=O) groups excluding carboxylic acids is 2. The van der Waals surface area contributed by atoms with Crippen molar-refractivity contribution in [2.24, 2.45) is 0 Å². The van der Waals surface area contributed by atoms with Crippen molar-refractivity contribution in [2.75, 3.05) is 11.9 Å². The maximum absolute atomic E-state index is 12.9. The first-order chi connectivity index (χ1) is 12.3. The van der Waals surface area contributed by atoms with Crippen molar-refractivity contribution in [3.05, 3.63) is 46.8 Å². The number of hydrogen-bond donors (Lipinski definition) is 1. The minimum Gasteiger partial charge on any atom is -0.452 e. The van der Waals surface area contributed by atoms with Gasteiger partial charge in [-0.15, -0.1) is 8.78 Å². The fourth-order valence-electron chi connectivity index (χ4n) is 1.98. The molecule has 0 bridgehead atoms. The van der Waals surface area contributed by atoms with Crippen molar-refractivity contribution >= 4 is 39.6 Å². The van der Waals surface area contributed by atoms with E-state index in [1.165, 1.54) is 24.3 Å². The Morgan fingerprint density at radius 3 is 2.69 bits per heavy atom. The summed E-state index contributed by atoms with van der Waals surface area (Å²) in [5.74, 6) is -1.34. The number of benzene rings is 1. The van der Waals surface area contributed by atoms with Gasteiger partial charge in [-0.2, -0.15) is 0 Å². The van der Waals surface area contributed by atoms with Gasteiger partial charge in [0.15, 0.2) is 22.8 Å². The Morgan fingerprint density at radius 2 is 1.96 bits per heavy atom. The van der Waals surface area contributed by atoms with Gasteiger partial charge in [-0.1, -0.05) is 0 Å². The van der Waals surface area contributed by atoms with Gasteiger partial charge in [-0.3, -0.25) is 4.79 Å². The molecule has 0 saturated heterocycles. The average Bonchev–Trinajstić information content (AvgIpc) is 3.11. The summed E-state index contributed by atoms with van der Waals surface area (Å²) in [6, 6.07) is 7.02. The number of esters is 1. The van der Waals surface area contributed by atoms with Crippen LogP contribution in [0.4, 0.5) is 14.5 Å². The molecule has 1 aliphatic rings. The van der Waals surface area contributed by atoms with E-state index in [1.807, 2.05) is 0 Å². The summed E-state index contributed by atoms with van der Waals surface area (Å²) in [4.78, 5) is 23.3. The van der Waals surface area contributed by atoms with Gasteiger partial charge < -0.3 is 23.9 Å². The van der Waals surface area contributed by atoms with E-state index in [9.17, 15) is 18.4 Å². The third-order valence-electron chi connectivity index (χ3n) is 3.01. The van der Waals surface area contributed by atoms with Crippen LogP contribution < -0.4 is 14.8 Å². The van der Waals surface area contributed by atoms with Gasteiger partial charge in [0.05, 0.1) is 0 Å². The zero-order chi connectivity index (χ0) is 18.7. The highest BCUT2D eigenvalue weighted by atomic mass is 79.9. The van der Waals surface area contributed by atoms with Crippen LogP contribution >= 0.6 is 15.9 Å². The molecule has 3 rings (SSSR count). The molecule has 1 aromatic heterocycles. The monoisotopic (exact) mass is 429 g/mol. The summed E-state index contributed by atoms with van der Waals surface area (Å²) in [7, 11) is 0. The van der Waals surface area contributed by atoms with Crippen LogP contribution in [0.3, 0.4) is 0 Å². The molecule has 1 amide bonds. The van der Waals surface area contributed by atoms with Gasteiger partial charge >= 0.3 is 12.3 Å². The number of fused-ring (bicyclic) bond motifs is 1. The lowest BCUT2D eigenvalue weighted by Crippen LogP contribution is -2.25. The summed E-state index contributed by atoms with van der Waals surface area (Å²) < 4.78 is 44.8. The molecule has 1 aliphatic heterocycles. The molecule has 0 unspecified atom stereocenters. The first kappa shape index (κ1) is 17.9. The van der Waals surface area contributed by atoms with Gasteiger partial charge in [-0.05, 0) is 46.3 Å². The molecular weight excluding hydrogens is 420 g/mol. The summed E-state index contributed by atoms with van der Waals surface area (Å²) in [5.41, 5.74) is 0.182. The number of halogens is 3. The van der Waals surface area contributed by atoms with Crippen LogP contribution in [-0.4, -0.2) is 24.8 Å². The fourth-order valence-corrected chi connectivity index (χ4v) is 2.30. The summed E-state index contributed by atoms with van der Waals surface area (Å²) >= 11 is 3.12. The van der Waals surface area contributed by atoms with E-state index in [-0.39, 0.29) is 17.2 Å². The van der Waals surface area contributed by atoms with Crippen molar-refractivity contribution in [3.8, 4) is 11.5 Å². The molecule has 10 heteroatoms. The van der Waals surface area contributed by atoms with Crippen LogP contribution in [0, 0.1) is 0 Å². The molecule has 136 valence electrons. The van der Waals surface area contributed by atoms with E-state index in [4.69, 9.17) is 9.15 Å². The van der Waals surface area contributed by atoms with E-state index >= 15 is 0 Å². The van der Waals surface area contributed by atoms with Crippen molar-refractivity contribution in [1.82, 2.24) is 0 Å². The number of amides is 1. The van der Waals surface area contributed by atoms with Crippen molar-refractivity contribution in [1.29, 1.82) is 0 Å². The molecule has 0 saturated carbocycles. The van der Waals surface area contributed by atoms with Crippen LogP contribution in [0.2, 0.25) is 0 Å². The minimum atomic E-state index is -3.74. The molecule has 2 aromatic rings. The Balaban J connectivity index is 1.49. The number of anilines is 1. The number of furan rings is 1. The maximum Gasteiger partial charge on any atom is 0.586 e. The lowest BCUT2D eigenvalue weighted by atomic mass is 10.3. The second-order valence-electron chi connectivity index (χ2n) is 4.96. The number of alkyl halides is 2. The summed E-state index contributed by atoms with van der Waals surface area (Å²) in [5, 5.41) is 2.39. The molecule has 0 radical (unpaired) electrons. The number of nitrogens with one attached hydrogen (secondary N) is 1. The standard InChI is InChI=1S/C16H10BrF2NO6/c17-13-5-2-10(24-13)3-6-15(22)23-8-14(21)20-9-1-4-11-12(7-9)26-16(18,19)25-11/h1-7H,8H2,(H,20,21). The van der Waals surface area contributed by atoms with E-state index in [0.717, 1.165) is 6.08 Å². The van der Waals surface area contributed by atoms with Crippen LogP contribution in [0.5, 0.6) is 11.5 Å². The van der Waals surface area contributed by atoms with Crippen LogP contribution in [0.15, 0.2) is 45.5 Å². The Morgan fingerprint density at radius 1 is 1.19 bits per heavy atom. The zero-order valence-electron chi connectivity index (χ0n) is 12.8. The highest BCUT2D eigenvalue weighted by Crippen LogP contribution is 2.42. The van der Waals surface area contributed by atoms with Gasteiger partial charge in [0.25, 0.3) is 5.91 Å². The average molecular weight is 430 g/mol. The highest BCUT2D eigenvalue weighted by Gasteiger charge is 2.43. The van der Waals surface area contributed by atoms with Crippen LogP contribution in [0.25, 0.3) is 6.08 Å². The number of carbonyl (C=O) groups is 2. The molecule has 0 aliphatic carbocycles. The van der Waals surface area contributed by atoms with Crippen molar-refractivity contribution < 1.29 is 37.0 Å².